The fraction of sp³-hybridized carbons (Fsp3) is 0.684. The van der Waals surface area contributed by atoms with Gasteiger partial charge in [0.1, 0.15) is 17.3 Å². The van der Waals surface area contributed by atoms with Crippen LogP contribution in [0.5, 0.6) is 0 Å². The van der Waals surface area contributed by atoms with Crippen LogP contribution in [0.4, 0.5) is 4.79 Å². The molecule has 1 aromatic rings. The summed E-state index contributed by atoms with van der Waals surface area (Å²) in [6, 6.07) is 0.711. The molecule has 2 N–H and O–H groups in total. The Labute approximate surface area is 165 Å². The molecule has 9 heteroatoms. The van der Waals surface area contributed by atoms with E-state index in [9.17, 15) is 14.4 Å². The summed E-state index contributed by atoms with van der Waals surface area (Å²) in [6.45, 7) is 9.78. The highest BCUT2D eigenvalue weighted by molar-refractivity contribution is 5.93. The Hall–Kier alpha value is -2.58. The summed E-state index contributed by atoms with van der Waals surface area (Å²) in [5, 5.41) is 9.95. The maximum Gasteiger partial charge on any atom is 0.411 e. The van der Waals surface area contributed by atoms with E-state index in [1.54, 1.807) is 33.9 Å². The van der Waals surface area contributed by atoms with E-state index in [1.165, 1.54) is 9.58 Å². The van der Waals surface area contributed by atoms with Gasteiger partial charge in [-0.2, -0.15) is 5.10 Å². The lowest BCUT2D eigenvalue weighted by Gasteiger charge is -2.27. The third-order valence-electron chi connectivity index (χ3n) is 4.44. The van der Waals surface area contributed by atoms with Gasteiger partial charge in [-0.1, -0.05) is 6.92 Å². The third kappa shape index (κ3) is 5.24. The van der Waals surface area contributed by atoms with Crippen LogP contribution in [0.3, 0.4) is 0 Å². The van der Waals surface area contributed by atoms with Crippen molar-refractivity contribution < 1.29 is 19.1 Å². The summed E-state index contributed by atoms with van der Waals surface area (Å²) < 4.78 is 6.97. The lowest BCUT2D eigenvalue weighted by atomic mass is 10.1. The average Bonchev–Trinajstić information content (AvgIpc) is 3.17. The number of carbonyl (C=O) groups is 3. The van der Waals surface area contributed by atoms with E-state index >= 15 is 0 Å². The number of nitrogens with zero attached hydrogens (tertiary/aromatic N) is 3. The Morgan fingerprint density at radius 3 is 2.50 bits per heavy atom. The maximum atomic E-state index is 12.7. The van der Waals surface area contributed by atoms with Crippen molar-refractivity contribution in [3.63, 3.8) is 0 Å². The second-order valence-electron chi connectivity index (χ2n) is 7.95. The number of ether oxygens (including phenoxy) is 1. The van der Waals surface area contributed by atoms with Crippen molar-refractivity contribution in [3.8, 4) is 0 Å². The zero-order valence-electron chi connectivity index (χ0n) is 17.5. The van der Waals surface area contributed by atoms with E-state index in [-0.39, 0.29) is 24.4 Å². The number of aryl methyl sites for hydroxylation is 2. The number of carbonyl (C=O) groups excluding carboxylic acids is 3. The molecule has 28 heavy (non-hydrogen) atoms. The Bertz CT molecular complexity index is 737. The van der Waals surface area contributed by atoms with E-state index in [4.69, 9.17) is 4.74 Å². The maximum absolute atomic E-state index is 12.7. The predicted octanol–water partition coefficient (Wildman–Crippen LogP) is 1.23. The molecule has 0 spiro atoms. The minimum Gasteiger partial charge on any atom is -0.444 e. The molecule has 0 saturated carbocycles. The summed E-state index contributed by atoms with van der Waals surface area (Å²) in [5.74, 6) is -0.528. The minimum absolute atomic E-state index is 0.209. The lowest BCUT2D eigenvalue weighted by Crippen LogP contribution is -2.47. The number of nitrogens with one attached hydrogen (secondary N) is 2. The zero-order valence-corrected chi connectivity index (χ0v) is 17.5. The van der Waals surface area contributed by atoms with E-state index in [0.29, 0.717) is 18.7 Å². The van der Waals surface area contributed by atoms with Gasteiger partial charge in [0.15, 0.2) is 0 Å². The van der Waals surface area contributed by atoms with Crippen molar-refractivity contribution in [2.75, 3.05) is 13.1 Å². The molecule has 0 bridgehead atoms. The van der Waals surface area contributed by atoms with Gasteiger partial charge >= 0.3 is 6.09 Å². The van der Waals surface area contributed by atoms with Crippen LogP contribution in [0, 0.1) is 0 Å². The molecule has 0 unspecified atom stereocenters. The molecule has 0 aromatic carbocycles. The number of amides is 3. The second kappa shape index (κ2) is 8.62. The summed E-state index contributed by atoms with van der Waals surface area (Å²) >= 11 is 0. The van der Waals surface area contributed by atoms with Crippen LogP contribution in [0.25, 0.3) is 0 Å². The standard InChI is InChI=1S/C19H31N5O4/c1-7-12-9-14(23(6)22-12)17(26)21-13-10-15(16(25)20-8-2)24(11-13)18(27)28-19(3,4)5/h9,13,15H,7-8,10-11H2,1-6H3,(H,20,25)(H,21,26)/t13-,15+/m1/s1. The second-order valence-corrected chi connectivity index (χ2v) is 7.95. The SMILES string of the molecule is CCNC(=O)[C@@H]1C[C@@H](NC(=O)c2cc(CC)nn2C)CN1C(=O)OC(C)(C)C. The van der Waals surface area contributed by atoms with Crippen molar-refractivity contribution in [2.45, 2.75) is 65.1 Å². The number of hydrogen-bond acceptors (Lipinski definition) is 5. The molecule has 9 nitrogen and oxygen atoms in total. The monoisotopic (exact) mass is 393 g/mol. The molecular weight excluding hydrogens is 362 g/mol. The van der Waals surface area contributed by atoms with Crippen molar-refractivity contribution in [3.05, 3.63) is 17.5 Å². The first-order valence-electron chi connectivity index (χ1n) is 9.66. The van der Waals surface area contributed by atoms with Gasteiger partial charge in [0.05, 0.1) is 5.69 Å². The smallest absolute Gasteiger partial charge is 0.411 e. The number of rotatable bonds is 5. The quantitative estimate of drug-likeness (QED) is 0.783. The number of likely N-dealkylation sites (tertiary alicyclic amines) is 1. The highest BCUT2D eigenvalue weighted by atomic mass is 16.6. The predicted molar refractivity (Wildman–Crippen MR) is 104 cm³/mol. The van der Waals surface area contributed by atoms with Crippen molar-refractivity contribution in [1.29, 1.82) is 0 Å². The molecule has 2 rings (SSSR count). The molecule has 1 aromatic heterocycles. The van der Waals surface area contributed by atoms with Crippen LogP contribution in [0.2, 0.25) is 0 Å². The van der Waals surface area contributed by atoms with Gasteiger partial charge < -0.3 is 15.4 Å². The van der Waals surface area contributed by atoms with Gasteiger partial charge in [0.2, 0.25) is 5.91 Å². The van der Waals surface area contributed by atoms with Gasteiger partial charge in [0.25, 0.3) is 5.91 Å². The van der Waals surface area contributed by atoms with Crippen LogP contribution in [-0.4, -0.2) is 63.4 Å². The molecule has 0 radical (unpaired) electrons. The largest absolute Gasteiger partial charge is 0.444 e. The van der Waals surface area contributed by atoms with Crippen molar-refractivity contribution in [2.24, 2.45) is 7.05 Å². The van der Waals surface area contributed by atoms with Gasteiger partial charge in [0, 0.05) is 26.2 Å². The van der Waals surface area contributed by atoms with E-state index in [2.05, 4.69) is 15.7 Å². The van der Waals surface area contributed by atoms with Crippen molar-refractivity contribution >= 4 is 17.9 Å². The molecule has 156 valence electrons. The minimum atomic E-state index is -0.683. The molecular formula is C19H31N5O4. The fourth-order valence-corrected chi connectivity index (χ4v) is 3.17. The Morgan fingerprint density at radius 2 is 1.96 bits per heavy atom. The number of aromatic nitrogens is 2. The topological polar surface area (TPSA) is 106 Å². The van der Waals surface area contributed by atoms with E-state index in [1.807, 2.05) is 13.8 Å². The highest BCUT2D eigenvalue weighted by Crippen LogP contribution is 2.22. The first-order chi connectivity index (χ1) is 13.1. The number of likely N-dealkylation sites (N-methyl/N-ethyl adjacent to an activating group) is 1. The normalized spacial score (nSPS) is 19.4. The zero-order chi connectivity index (χ0) is 21.1. The van der Waals surface area contributed by atoms with E-state index in [0.717, 1.165) is 12.1 Å². The van der Waals surface area contributed by atoms with Gasteiger partial charge in [-0.3, -0.25) is 19.2 Å². The van der Waals surface area contributed by atoms with Crippen molar-refractivity contribution in [1.82, 2.24) is 25.3 Å². The van der Waals surface area contributed by atoms with Crippen LogP contribution in [0.15, 0.2) is 6.07 Å². The number of hydrogen-bond donors (Lipinski definition) is 2. The molecule has 1 saturated heterocycles. The molecule has 1 fully saturated rings. The molecule has 2 heterocycles. The lowest BCUT2D eigenvalue weighted by molar-refractivity contribution is -0.125. The Balaban J connectivity index is 2.13. The molecule has 1 aliphatic rings. The third-order valence-corrected chi connectivity index (χ3v) is 4.44. The van der Waals surface area contributed by atoms with Crippen LogP contribution in [-0.2, 0) is 23.0 Å². The van der Waals surface area contributed by atoms with Gasteiger partial charge in [-0.15, -0.1) is 0 Å². The molecule has 3 amide bonds. The first kappa shape index (κ1) is 21.7. The van der Waals surface area contributed by atoms with Crippen LogP contribution < -0.4 is 10.6 Å². The van der Waals surface area contributed by atoms with E-state index < -0.39 is 17.7 Å². The highest BCUT2D eigenvalue weighted by Gasteiger charge is 2.42. The fourth-order valence-electron chi connectivity index (χ4n) is 3.17. The van der Waals surface area contributed by atoms with Gasteiger partial charge in [-0.05, 0) is 46.6 Å². The summed E-state index contributed by atoms with van der Waals surface area (Å²) in [4.78, 5) is 39.1. The Kier molecular flexibility index (Phi) is 6.69. The molecule has 0 aliphatic carbocycles. The van der Waals surface area contributed by atoms with Crippen LogP contribution >= 0.6 is 0 Å². The summed E-state index contributed by atoms with van der Waals surface area (Å²) in [6.07, 6.45) is 0.500. The molecule has 2 atom stereocenters. The Morgan fingerprint density at radius 1 is 1.29 bits per heavy atom. The summed E-state index contributed by atoms with van der Waals surface area (Å²) in [5.41, 5.74) is 0.604. The molecule has 1 aliphatic heterocycles. The van der Waals surface area contributed by atoms with Crippen LogP contribution in [0.1, 0.15) is 57.2 Å². The average molecular weight is 393 g/mol. The first-order valence-corrected chi connectivity index (χ1v) is 9.66. The summed E-state index contributed by atoms with van der Waals surface area (Å²) in [7, 11) is 1.72. The van der Waals surface area contributed by atoms with Gasteiger partial charge in [-0.25, -0.2) is 4.79 Å².